The first kappa shape index (κ1) is 13.1. The van der Waals surface area contributed by atoms with Crippen LogP contribution in [0.2, 0.25) is 0 Å². The van der Waals surface area contributed by atoms with Crippen LogP contribution < -0.4 is 5.32 Å². The lowest BCUT2D eigenvalue weighted by Gasteiger charge is -2.16. The van der Waals surface area contributed by atoms with Gasteiger partial charge in [-0.2, -0.15) is 0 Å². The number of hydrogen-bond donors (Lipinski definition) is 1. The highest BCUT2D eigenvalue weighted by atomic mass is 79.9. The molecule has 5 heteroatoms. The summed E-state index contributed by atoms with van der Waals surface area (Å²) in [5, 5.41) is 9.96. The number of fused-ring (bicyclic) bond motifs is 8. The zero-order valence-electron chi connectivity index (χ0n) is 12.1. The zero-order valence-corrected chi connectivity index (χ0v) is 13.7. The number of aromatic nitrogens is 1. The molecule has 2 aromatic carbocycles. The Bertz CT molecular complexity index is 1080. The van der Waals surface area contributed by atoms with Gasteiger partial charge in [-0.1, -0.05) is 40.2 Å². The lowest BCUT2D eigenvalue weighted by molar-refractivity contribution is 0.835. The molecular formula is C18H12BrN3O. The third-order valence-electron chi connectivity index (χ3n) is 4.68. The number of nitroso groups, excluding NO2 is 1. The Morgan fingerprint density at radius 1 is 1.04 bits per heavy atom. The van der Waals surface area contributed by atoms with Crippen LogP contribution in [-0.2, 0) is 6.54 Å². The highest BCUT2D eigenvalue weighted by molar-refractivity contribution is 9.10. The smallest absolute Gasteiger partial charge is 0.127 e. The van der Waals surface area contributed by atoms with Crippen molar-refractivity contribution in [3.8, 4) is 11.1 Å². The van der Waals surface area contributed by atoms with Crippen molar-refractivity contribution in [3.63, 3.8) is 0 Å². The second-order valence-electron chi connectivity index (χ2n) is 5.82. The number of hydrogen-bond acceptors (Lipinski definition) is 3. The molecule has 0 spiro atoms. The standard InChI is InChI=1S/C18H12BrN3O/c19-10-5-6-14-13(9-10)15-11-3-1-2-4-12(11)17(21-23)16(15)18-20-7-8-22(14)18/h1-6,9,20H,7-8H2. The maximum atomic E-state index is 11.6. The number of nitrogens with one attached hydrogen (secondary N) is 1. The fourth-order valence-electron chi connectivity index (χ4n) is 3.80. The van der Waals surface area contributed by atoms with Crippen LogP contribution in [-0.4, -0.2) is 11.1 Å². The summed E-state index contributed by atoms with van der Waals surface area (Å²) in [5.41, 5.74) is 3.75. The first-order valence-electron chi connectivity index (χ1n) is 7.53. The van der Waals surface area contributed by atoms with Gasteiger partial charge in [0, 0.05) is 33.9 Å². The Morgan fingerprint density at radius 3 is 2.70 bits per heavy atom. The van der Waals surface area contributed by atoms with Crippen LogP contribution in [0.25, 0.3) is 32.8 Å². The van der Waals surface area contributed by atoms with E-state index in [1.54, 1.807) is 0 Å². The topological polar surface area (TPSA) is 46.4 Å². The average Bonchev–Trinajstić information content (AvgIpc) is 3.17. The van der Waals surface area contributed by atoms with Gasteiger partial charge in [-0.05, 0) is 28.8 Å². The molecule has 5 rings (SSSR count). The summed E-state index contributed by atoms with van der Waals surface area (Å²) in [6.07, 6.45) is 0. The van der Waals surface area contributed by atoms with Crippen molar-refractivity contribution in [2.45, 2.75) is 6.54 Å². The van der Waals surface area contributed by atoms with Crippen molar-refractivity contribution >= 4 is 49.1 Å². The normalized spacial score (nSPS) is 13.6. The number of halogens is 1. The number of anilines is 1. The lowest BCUT2D eigenvalue weighted by Crippen LogP contribution is -1.99. The van der Waals surface area contributed by atoms with Gasteiger partial charge in [0.15, 0.2) is 0 Å². The van der Waals surface area contributed by atoms with E-state index in [-0.39, 0.29) is 0 Å². The van der Waals surface area contributed by atoms with Crippen molar-refractivity contribution in [2.24, 2.45) is 5.18 Å². The SMILES string of the molecule is O=Nc1c2c3n(c4ccc(Br)cc4c-2c2ccccc12)CCN3. The van der Waals surface area contributed by atoms with Gasteiger partial charge in [-0.25, -0.2) is 0 Å². The monoisotopic (exact) mass is 365 g/mol. The zero-order chi connectivity index (χ0) is 15.6. The molecule has 0 saturated heterocycles. The van der Waals surface area contributed by atoms with Gasteiger partial charge in [0.05, 0.1) is 11.1 Å². The van der Waals surface area contributed by atoms with E-state index in [9.17, 15) is 4.91 Å². The molecule has 0 radical (unpaired) electrons. The highest BCUT2D eigenvalue weighted by Gasteiger charge is 2.29. The van der Waals surface area contributed by atoms with Crippen LogP contribution in [0.4, 0.5) is 11.5 Å². The quantitative estimate of drug-likeness (QED) is 0.453. The van der Waals surface area contributed by atoms with E-state index < -0.39 is 0 Å². The first-order chi connectivity index (χ1) is 11.3. The Hall–Kier alpha value is -2.40. The molecule has 1 N–H and O–H groups in total. The largest absolute Gasteiger partial charge is 0.369 e. The maximum Gasteiger partial charge on any atom is 0.127 e. The minimum atomic E-state index is 0.538. The van der Waals surface area contributed by atoms with Gasteiger partial charge in [0.1, 0.15) is 11.5 Å². The molecule has 112 valence electrons. The molecule has 1 aliphatic carbocycles. The van der Waals surface area contributed by atoms with Crippen LogP contribution in [0.1, 0.15) is 0 Å². The number of nitrogens with zero attached hydrogens (tertiary/aromatic N) is 2. The van der Waals surface area contributed by atoms with Crippen molar-refractivity contribution in [1.82, 2.24) is 4.57 Å². The fraction of sp³-hybridized carbons (Fsp3) is 0.111. The molecule has 4 nitrogen and oxygen atoms in total. The van der Waals surface area contributed by atoms with Crippen LogP contribution in [0.5, 0.6) is 0 Å². The van der Waals surface area contributed by atoms with Gasteiger partial charge in [0.25, 0.3) is 0 Å². The molecule has 0 atom stereocenters. The average molecular weight is 366 g/mol. The Kier molecular flexibility index (Phi) is 2.59. The molecule has 2 heterocycles. The first-order valence-corrected chi connectivity index (χ1v) is 8.32. The fourth-order valence-corrected chi connectivity index (χ4v) is 4.16. The summed E-state index contributed by atoms with van der Waals surface area (Å²) in [5.74, 6) is 1.00. The molecule has 23 heavy (non-hydrogen) atoms. The summed E-state index contributed by atoms with van der Waals surface area (Å²) < 4.78 is 3.28. The number of pyridine rings is 1. The third-order valence-corrected chi connectivity index (χ3v) is 5.18. The molecule has 0 fully saturated rings. The van der Waals surface area contributed by atoms with E-state index in [0.29, 0.717) is 5.69 Å². The van der Waals surface area contributed by atoms with Crippen molar-refractivity contribution in [1.29, 1.82) is 0 Å². The summed E-state index contributed by atoms with van der Waals surface area (Å²) in [6, 6.07) is 14.3. The Balaban J connectivity index is 2.15. The van der Waals surface area contributed by atoms with Crippen molar-refractivity contribution in [3.05, 3.63) is 51.8 Å². The number of benzene rings is 2. The van der Waals surface area contributed by atoms with E-state index >= 15 is 0 Å². The van der Waals surface area contributed by atoms with E-state index in [4.69, 9.17) is 0 Å². The van der Waals surface area contributed by atoms with Crippen LogP contribution in [0, 0.1) is 4.91 Å². The molecule has 0 bridgehead atoms. The second-order valence-corrected chi connectivity index (χ2v) is 6.74. The Labute approximate surface area is 140 Å². The summed E-state index contributed by atoms with van der Waals surface area (Å²) in [6.45, 7) is 1.76. The van der Waals surface area contributed by atoms with Gasteiger partial charge in [-0.3, -0.25) is 0 Å². The van der Waals surface area contributed by atoms with Crippen LogP contribution in [0.3, 0.4) is 0 Å². The molecule has 0 saturated carbocycles. The molecule has 0 amide bonds. The van der Waals surface area contributed by atoms with Gasteiger partial charge < -0.3 is 9.88 Å². The molecule has 0 aromatic heterocycles. The van der Waals surface area contributed by atoms with E-state index in [2.05, 4.69) is 55.3 Å². The van der Waals surface area contributed by atoms with Crippen LogP contribution >= 0.6 is 15.9 Å². The predicted octanol–water partition coefficient (Wildman–Crippen LogP) is 5.49. The maximum absolute atomic E-state index is 11.6. The summed E-state index contributed by atoms with van der Waals surface area (Å²) >= 11 is 3.58. The van der Waals surface area contributed by atoms with Crippen molar-refractivity contribution in [2.75, 3.05) is 11.9 Å². The molecular weight excluding hydrogens is 354 g/mol. The highest BCUT2D eigenvalue weighted by Crippen LogP contribution is 2.52. The van der Waals surface area contributed by atoms with Crippen molar-refractivity contribution < 1.29 is 0 Å². The van der Waals surface area contributed by atoms with Gasteiger partial charge >= 0.3 is 0 Å². The minimum absolute atomic E-state index is 0.538. The summed E-state index contributed by atoms with van der Waals surface area (Å²) in [4.78, 5) is 11.6. The lowest BCUT2D eigenvalue weighted by atomic mass is 10.0. The predicted molar refractivity (Wildman–Crippen MR) is 97.7 cm³/mol. The Morgan fingerprint density at radius 2 is 1.87 bits per heavy atom. The molecule has 2 aliphatic heterocycles. The minimum Gasteiger partial charge on any atom is -0.369 e. The van der Waals surface area contributed by atoms with E-state index in [0.717, 1.165) is 50.7 Å². The van der Waals surface area contributed by atoms with E-state index in [1.165, 1.54) is 5.52 Å². The third kappa shape index (κ3) is 1.60. The molecule has 3 aliphatic rings. The summed E-state index contributed by atoms with van der Waals surface area (Å²) in [7, 11) is 0. The molecule has 0 unspecified atom stereocenters. The number of rotatable bonds is 1. The van der Waals surface area contributed by atoms with E-state index in [1.807, 2.05) is 18.2 Å². The second kappa shape index (κ2) is 4.55. The van der Waals surface area contributed by atoms with Crippen LogP contribution in [0.15, 0.2) is 52.1 Å². The van der Waals surface area contributed by atoms with Gasteiger partial charge in [-0.15, -0.1) is 4.91 Å². The van der Waals surface area contributed by atoms with Gasteiger partial charge in [0.2, 0.25) is 0 Å². The molecule has 2 aromatic rings.